The van der Waals surface area contributed by atoms with E-state index in [1.54, 1.807) is 7.11 Å². The van der Waals surface area contributed by atoms with Gasteiger partial charge < -0.3 is 15.4 Å². The smallest absolute Gasteiger partial charge is 0.247 e. The fraction of sp³-hybridized carbons (Fsp3) is 0.364. The molecule has 3 atom stereocenters. The summed E-state index contributed by atoms with van der Waals surface area (Å²) in [6.45, 7) is 0. The molecule has 146 valence electrons. The number of rotatable bonds is 6. The van der Waals surface area contributed by atoms with Gasteiger partial charge >= 0.3 is 0 Å². The highest BCUT2D eigenvalue weighted by Gasteiger charge is 2.37. The van der Waals surface area contributed by atoms with Gasteiger partial charge in [-0.15, -0.1) is 0 Å². The Bertz CT molecular complexity index is 880. The molecule has 0 radical (unpaired) electrons. The van der Waals surface area contributed by atoms with E-state index in [4.69, 9.17) is 4.74 Å². The van der Waals surface area contributed by atoms with Crippen LogP contribution in [0.3, 0.4) is 0 Å². The Hall–Kier alpha value is -2.73. The zero-order valence-corrected chi connectivity index (χ0v) is 15.7. The second kappa shape index (κ2) is 7.72. The first-order valence-corrected chi connectivity index (χ1v) is 9.53. The molecule has 0 aliphatic heterocycles. The van der Waals surface area contributed by atoms with Crippen molar-refractivity contribution >= 4 is 11.8 Å². The van der Waals surface area contributed by atoms with Crippen molar-refractivity contribution in [2.75, 3.05) is 7.11 Å². The summed E-state index contributed by atoms with van der Waals surface area (Å²) in [6, 6.07) is 12.5. The maximum atomic E-state index is 13.3. The van der Waals surface area contributed by atoms with Gasteiger partial charge in [0.15, 0.2) is 0 Å². The molecule has 2 N–H and O–H groups in total. The minimum atomic E-state index is -0.866. The van der Waals surface area contributed by atoms with Crippen LogP contribution in [0.15, 0.2) is 48.5 Å². The number of fused-ring (bicyclic) bond motifs is 1. The molecular formula is C22H23FN2O3. The summed E-state index contributed by atoms with van der Waals surface area (Å²) in [6.07, 6.45) is 2.10. The molecule has 2 amide bonds. The predicted octanol–water partition coefficient (Wildman–Crippen LogP) is 2.82. The van der Waals surface area contributed by atoms with E-state index < -0.39 is 6.04 Å². The van der Waals surface area contributed by atoms with Crippen molar-refractivity contribution in [3.63, 3.8) is 0 Å². The Morgan fingerprint density at radius 3 is 2.50 bits per heavy atom. The van der Waals surface area contributed by atoms with Crippen LogP contribution in [0.2, 0.25) is 0 Å². The van der Waals surface area contributed by atoms with Crippen LogP contribution in [0.5, 0.6) is 0 Å². The molecule has 5 nitrogen and oxygen atoms in total. The number of hydrogen-bond donors (Lipinski definition) is 2. The lowest BCUT2D eigenvalue weighted by atomic mass is 10.0. The van der Waals surface area contributed by atoms with Crippen molar-refractivity contribution in [3.05, 3.63) is 71.0 Å². The van der Waals surface area contributed by atoms with E-state index in [2.05, 4.69) is 10.6 Å². The van der Waals surface area contributed by atoms with Crippen molar-refractivity contribution in [1.82, 2.24) is 10.6 Å². The molecule has 0 aromatic heterocycles. The number of carbonyl (C=O) groups is 2. The minimum absolute atomic E-state index is 0.0294. The normalized spacial score (nSPS) is 21.6. The third-order valence-electron chi connectivity index (χ3n) is 5.45. The van der Waals surface area contributed by atoms with E-state index in [9.17, 15) is 14.0 Å². The van der Waals surface area contributed by atoms with Gasteiger partial charge in [-0.25, -0.2) is 4.39 Å². The number of ether oxygens (including phenoxy) is 1. The lowest BCUT2D eigenvalue weighted by Crippen LogP contribution is -2.46. The highest BCUT2D eigenvalue weighted by Crippen LogP contribution is 2.34. The molecule has 2 aliphatic rings. The van der Waals surface area contributed by atoms with Gasteiger partial charge in [-0.05, 0) is 48.1 Å². The predicted molar refractivity (Wildman–Crippen MR) is 102 cm³/mol. The van der Waals surface area contributed by atoms with Gasteiger partial charge in [-0.3, -0.25) is 9.59 Å². The van der Waals surface area contributed by atoms with Crippen molar-refractivity contribution in [1.29, 1.82) is 0 Å². The van der Waals surface area contributed by atoms with Gasteiger partial charge in [0.1, 0.15) is 18.0 Å². The van der Waals surface area contributed by atoms with E-state index in [-0.39, 0.29) is 35.7 Å². The number of halogens is 1. The number of amides is 2. The number of benzene rings is 2. The first-order valence-electron chi connectivity index (χ1n) is 9.53. The van der Waals surface area contributed by atoms with E-state index in [0.29, 0.717) is 12.0 Å². The van der Waals surface area contributed by atoms with E-state index >= 15 is 0 Å². The second-order valence-corrected chi connectivity index (χ2v) is 7.44. The topological polar surface area (TPSA) is 67.4 Å². The highest BCUT2D eigenvalue weighted by atomic mass is 19.1. The summed E-state index contributed by atoms with van der Waals surface area (Å²) < 4.78 is 19.0. The third-order valence-corrected chi connectivity index (χ3v) is 5.45. The van der Waals surface area contributed by atoms with Crippen molar-refractivity contribution in [2.24, 2.45) is 5.92 Å². The van der Waals surface area contributed by atoms with Gasteiger partial charge in [0.2, 0.25) is 11.8 Å². The van der Waals surface area contributed by atoms with Crippen LogP contribution in [0, 0.1) is 11.7 Å². The van der Waals surface area contributed by atoms with E-state index in [1.807, 2.05) is 24.3 Å². The summed E-state index contributed by atoms with van der Waals surface area (Å²) in [5.41, 5.74) is 2.76. The van der Waals surface area contributed by atoms with Crippen molar-refractivity contribution in [3.8, 4) is 0 Å². The van der Waals surface area contributed by atoms with Crippen LogP contribution in [0.25, 0.3) is 0 Å². The Morgan fingerprint density at radius 1 is 1.11 bits per heavy atom. The van der Waals surface area contributed by atoms with Crippen LogP contribution in [-0.4, -0.2) is 25.0 Å². The van der Waals surface area contributed by atoms with E-state index in [0.717, 1.165) is 24.0 Å². The lowest BCUT2D eigenvalue weighted by molar-refractivity contribution is -0.130. The molecule has 2 unspecified atom stereocenters. The number of methoxy groups -OCH3 is 1. The molecule has 0 heterocycles. The molecule has 2 aromatic rings. The molecule has 0 bridgehead atoms. The molecule has 28 heavy (non-hydrogen) atoms. The lowest BCUT2D eigenvalue weighted by Gasteiger charge is -2.25. The van der Waals surface area contributed by atoms with Gasteiger partial charge in [0, 0.05) is 13.0 Å². The van der Waals surface area contributed by atoms with Crippen LogP contribution in [0.4, 0.5) is 4.39 Å². The zero-order valence-electron chi connectivity index (χ0n) is 15.7. The van der Waals surface area contributed by atoms with Crippen LogP contribution in [0.1, 0.15) is 41.7 Å². The van der Waals surface area contributed by atoms with Crippen LogP contribution in [-0.2, 0) is 20.7 Å². The SMILES string of the molecule is COC1c2ccccc2CC1NC(=O)[C@@H](NC(=O)C1CC1)c1ccc(F)cc1. The summed E-state index contributed by atoms with van der Waals surface area (Å²) in [7, 11) is 1.62. The van der Waals surface area contributed by atoms with Crippen LogP contribution < -0.4 is 10.6 Å². The molecule has 2 aromatic carbocycles. The fourth-order valence-electron chi connectivity index (χ4n) is 3.80. The molecule has 4 rings (SSSR count). The molecule has 1 fully saturated rings. The Morgan fingerprint density at radius 2 is 1.82 bits per heavy atom. The second-order valence-electron chi connectivity index (χ2n) is 7.44. The van der Waals surface area contributed by atoms with Crippen molar-refractivity contribution in [2.45, 2.75) is 37.5 Å². The average molecular weight is 382 g/mol. The van der Waals surface area contributed by atoms with E-state index in [1.165, 1.54) is 24.3 Å². The molecule has 1 saturated carbocycles. The summed E-state index contributed by atoms with van der Waals surface area (Å²) in [4.78, 5) is 25.4. The summed E-state index contributed by atoms with van der Waals surface area (Å²) in [5.74, 6) is -0.872. The standard InChI is InChI=1S/C22H23FN2O3/c1-28-20-17-5-3-2-4-15(17)12-18(20)24-22(27)19(25-21(26)14-6-7-14)13-8-10-16(23)11-9-13/h2-5,8-11,14,18-20H,6-7,12H2,1H3,(H,24,27)(H,25,26)/t18?,19-,20?/m0/s1. The first-order chi connectivity index (χ1) is 13.6. The molecule has 0 saturated heterocycles. The largest absolute Gasteiger partial charge is 0.375 e. The monoisotopic (exact) mass is 382 g/mol. The maximum absolute atomic E-state index is 13.3. The Balaban J connectivity index is 1.53. The quantitative estimate of drug-likeness (QED) is 0.807. The third kappa shape index (κ3) is 3.78. The molecular weight excluding hydrogens is 359 g/mol. The molecule has 2 aliphatic carbocycles. The van der Waals surface area contributed by atoms with Gasteiger partial charge in [0.05, 0.1) is 6.04 Å². The van der Waals surface area contributed by atoms with Gasteiger partial charge in [0.25, 0.3) is 0 Å². The Kier molecular flexibility index (Phi) is 5.13. The summed E-state index contributed by atoms with van der Waals surface area (Å²) >= 11 is 0. The van der Waals surface area contributed by atoms with Gasteiger partial charge in [-0.2, -0.15) is 0 Å². The highest BCUT2D eigenvalue weighted by molar-refractivity contribution is 5.90. The number of carbonyl (C=O) groups excluding carboxylic acids is 2. The van der Waals surface area contributed by atoms with Gasteiger partial charge in [-0.1, -0.05) is 36.4 Å². The fourth-order valence-corrected chi connectivity index (χ4v) is 3.80. The first kappa shape index (κ1) is 18.6. The molecule has 0 spiro atoms. The number of nitrogens with one attached hydrogen (secondary N) is 2. The zero-order chi connectivity index (χ0) is 19.7. The van der Waals surface area contributed by atoms with Crippen molar-refractivity contribution < 1.29 is 18.7 Å². The molecule has 6 heteroatoms. The minimum Gasteiger partial charge on any atom is -0.375 e. The van der Waals surface area contributed by atoms with Crippen LogP contribution >= 0.6 is 0 Å². The summed E-state index contributed by atoms with van der Waals surface area (Å²) in [5, 5.41) is 5.86. The average Bonchev–Trinajstić information content (AvgIpc) is 3.48. The Labute approximate surface area is 163 Å². The maximum Gasteiger partial charge on any atom is 0.247 e. The number of hydrogen-bond acceptors (Lipinski definition) is 3.